The van der Waals surface area contributed by atoms with Gasteiger partial charge in [0.1, 0.15) is 0 Å². The standard InChI is InChI=1S/C17H32N6/c1-15(23-11-9-20(3)10-12-23)13-19-17(18-2)22(5)14-16-7-6-8-21(16)4/h6-8,15H,9-14H2,1-5H3,(H,18,19). The van der Waals surface area contributed by atoms with E-state index in [4.69, 9.17) is 0 Å². The fourth-order valence-corrected chi connectivity index (χ4v) is 2.99. The lowest BCUT2D eigenvalue weighted by atomic mass is 10.2. The fraction of sp³-hybridized carbons (Fsp3) is 0.706. The highest BCUT2D eigenvalue weighted by atomic mass is 15.3. The highest BCUT2D eigenvalue weighted by Crippen LogP contribution is 2.06. The quantitative estimate of drug-likeness (QED) is 0.639. The van der Waals surface area contributed by atoms with Gasteiger partial charge in [0.05, 0.1) is 6.54 Å². The molecule has 1 aromatic heterocycles. The summed E-state index contributed by atoms with van der Waals surface area (Å²) in [7, 11) is 8.21. The fourth-order valence-electron chi connectivity index (χ4n) is 2.99. The molecule has 0 aliphatic carbocycles. The molecule has 1 unspecified atom stereocenters. The number of aromatic nitrogens is 1. The maximum absolute atomic E-state index is 4.42. The van der Waals surface area contributed by atoms with Gasteiger partial charge in [-0.1, -0.05) is 0 Å². The molecule has 0 spiro atoms. The summed E-state index contributed by atoms with van der Waals surface area (Å²) in [6.07, 6.45) is 2.08. The van der Waals surface area contributed by atoms with Crippen LogP contribution in [-0.4, -0.2) is 85.1 Å². The zero-order valence-corrected chi connectivity index (χ0v) is 15.3. The molecule has 1 saturated heterocycles. The van der Waals surface area contributed by atoms with E-state index in [9.17, 15) is 0 Å². The van der Waals surface area contributed by atoms with Crippen molar-refractivity contribution in [2.75, 3.05) is 53.9 Å². The summed E-state index contributed by atoms with van der Waals surface area (Å²) in [5.74, 6) is 0.951. The highest BCUT2D eigenvalue weighted by molar-refractivity contribution is 5.79. The average molecular weight is 320 g/mol. The molecule has 23 heavy (non-hydrogen) atoms. The Kier molecular flexibility index (Phi) is 6.47. The minimum absolute atomic E-state index is 0.517. The number of piperazine rings is 1. The number of guanidine groups is 1. The first kappa shape index (κ1) is 17.8. The number of nitrogens with zero attached hydrogens (tertiary/aromatic N) is 5. The van der Waals surface area contributed by atoms with Crippen molar-refractivity contribution < 1.29 is 0 Å². The van der Waals surface area contributed by atoms with Gasteiger partial charge in [0.15, 0.2) is 5.96 Å². The molecule has 2 heterocycles. The van der Waals surface area contributed by atoms with E-state index in [1.165, 1.54) is 5.69 Å². The maximum Gasteiger partial charge on any atom is 0.193 e. The van der Waals surface area contributed by atoms with Gasteiger partial charge < -0.3 is 19.7 Å². The van der Waals surface area contributed by atoms with E-state index in [2.05, 4.69) is 76.0 Å². The molecule has 130 valence electrons. The SMILES string of the molecule is CN=C(NCC(C)N1CCN(C)CC1)N(C)Cc1cccn1C. The zero-order chi connectivity index (χ0) is 16.8. The van der Waals surface area contributed by atoms with Gasteiger partial charge >= 0.3 is 0 Å². The molecule has 0 radical (unpaired) electrons. The first-order valence-corrected chi connectivity index (χ1v) is 8.46. The lowest BCUT2D eigenvalue weighted by molar-refractivity contribution is 0.119. The summed E-state index contributed by atoms with van der Waals surface area (Å²) in [5.41, 5.74) is 1.28. The van der Waals surface area contributed by atoms with Gasteiger partial charge in [-0.2, -0.15) is 0 Å². The molecule has 1 N–H and O–H groups in total. The van der Waals surface area contributed by atoms with Crippen molar-refractivity contribution in [3.05, 3.63) is 24.0 Å². The van der Waals surface area contributed by atoms with Crippen LogP contribution in [-0.2, 0) is 13.6 Å². The predicted octanol–water partition coefficient (Wildman–Crippen LogP) is 0.668. The van der Waals surface area contributed by atoms with Crippen molar-refractivity contribution in [3.8, 4) is 0 Å². The van der Waals surface area contributed by atoms with Crippen molar-refractivity contribution in [1.29, 1.82) is 0 Å². The van der Waals surface area contributed by atoms with Gasteiger partial charge in [-0.15, -0.1) is 0 Å². The minimum Gasteiger partial charge on any atom is -0.355 e. The van der Waals surface area contributed by atoms with Gasteiger partial charge in [0, 0.05) is 71.8 Å². The molecular weight excluding hydrogens is 288 g/mol. The van der Waals surface area contributed by atoms with E-state index in [1.54, 1.807) is 0 Å². The second-order valence-electron chi connectivity index (χ2n) is 6.58. The van der Waals surface area contributed by atoms with Crippen LogP contribution in [0.5, 0.6) is 0 Å². The molecule has 1 fully saturated rings. The number of hydrogen-bond donors (Lipinski definition) is 1. The number of likely N-dealkylation sites (N-methyl/N-ethyl adjacent to an activating group) is 1. The lowest BCUT2D eigenvalue weighted by Gasteiger charge is -2.37. The highest BCUT2D eigenvalue weighted by Gasteiger charge is 2.19. The van der Waals surface area contributed by atoms with Crippen LogP contribution in [0.25, 0.3) is 0 Å². The first-order chi connectivity index (χ1) is 11.0. The number of aryl methyl sites for hydroxylation is 1. The molecule has 6 nitrogen and oxygen atoms in total. The maximum atomic E-state index is 4.42. The first-order valence-electron chi connectivity index (χ1n) is 8.46. The summed E-state index contributed by atoms with van der Waals surface area (Å²) in [4.78, 5) is 11.5. The van der Waals surface area contributed by atoms with Gasteiger partial charge in [0.2, 0.25) is 0 Å². The molecule has 1 atom stereocenters. The Labute approximate surface area is 140 Å². The van der Waals surface area contributed by atoms with E-state index in [1.807, 2.05) is 7.05 Å². The van der Waals surface area contributed by atoms with Crippen molar-refractivity contribution in [1.82, 2.24) is 24.6 Å². The molecule has 1 aromatic rings. The second kappa shape index (κ2) is 8.36. The molecule has 1 aliphatic rings. The summed E-state index contributed by atoms with van der Waals surface area (Å²) >= 11 is 0. The summed E-state index contributed by atoms with van der Waals surface area (Å²) in [6, 6.07) is 4.75. The Morgan fingerprint density at radius 3 is 2.57 bits per heavy atom. The van der Waals surface area contributed by atoms with Crippen LogP contribution in [0, 0.1) is 0 Å². The number of aliphatic imine (C=N–C) groups is 1. The van der Waals surface area contributed by atoms with E-state index in [-0.39, 0.29) is 0 Å². The Morgan fingerprint density at radius 2 is 2.00 bits per heavy atom. The Morgan fingerprint density at radius 1 is 1.30 bits per heavy atom. The Bertz CT molecular complexity index is 501. The summed E-state index contributed by atoms with van der Waals surface area (Å²) < 4.78 is 2.15. The van der Waals surface area contributed by atoms with Gasteiger partial charge in [-0.25, -0.2) is 0 Å². The molecule has 0 saturated carbocycles. The van der Waals surface area contributed by atoms with E-state index < -0.39 is 0 Å². The number of hydrogen-bond acceptors (Lipinski definition) is 3. The molecule has 0 amide bonds. The molecule has 0 bridgehead atoms. The van der Waals surface area contributed by atoms with Gasteiger partial charge in [0.25, 0.3) is 0 Å². The largest absolute Gasteiger partial charge is 0.355 e. The van der Waals surface area contributed by atoms with Crippen molar-refractivity contribution in [2.24, 2.45) is 12.0 Å². The molecule has 0 aromatic carbocycles. The van der Waals surface area contributed by atoms with Crippen LogP contribution in [0.15, 0.2) is 23.3 Å². The monoisotopic (exact) mass is 320 g/mol. The van der Waals surface area contributed by atoms with Crippen LogP contribution < -0.4 is 5.32 Å². The smallest absolute Gasteiger partial charge is 0.193 e. The Hall–Kier alpha value is -1.53. The molecule has 1 aliphatic heterocycles. The second-order valence-corrected chi connectivity index (χ2v) is 6.58. The topological polar surface area (TPSA) is 39.0 Å². The third-order valence-corrected chi connectivity index (χ3v) is 4.74. The van der Waals surface area contributed by atoms with E-state index >= 15 is 0 Å². The van der Waals surface area contributed by atoms with E-state index in [0.717, 1.165) is 45.2 Å². The molecule has 6 heteroatoms. The lowest BCUT2D eigenvalue weighted by Crippen LogP contribution is -2.52. The van der Waals surface area contributed by atoms with Crippen LogP contribution in [0.1, 0.15) is 12.6 Å². The van der Waals surface area contributed by atoms with Crippen molar-refractivity contribution >= 4 is 5.96 Å². The summed E-state index contributed by atoms with van der Waals surface area (Å²) in [5, 5.41) is 3.52. The average Bonchev–Trinajstić information content (AvgIpc) is 2.93. The normalized spacial score (nSPS) is 18.9. The third kappa shape index (κ3) is 4.97. The number of nitrogens with one attached hydrogen (secondary N) is 1. The van der Waals surface area contributed by atoms with Gasteiger partial charge in [-0.3, -0.25) is 9.89 Å². The third-order valence-electron chi connectivity index (χ3n) is 4.74. The van der Waals surface area contributed by atoms with Gasteiger partial charge in [-0.05, 0) is 26.1 Å². The predicted molar refractivity (Wildman–Crippen MR) is 96.8 cm³/mol. The number of rotatable bonds is 5. The van der Waals surface area contributed by atoms with Crippen LogP contribution in [0.4, 0.5) is 0 Å². The van der Waals surface area contributed by atoms with E-state index in [0.29, 0.717) is 6.04 Å². The van der Waals surface area contributed by atoms with Crippen molar-refractivity contribution in [3.63, 3.8) is 0 Å². The zero-order valence-electron chi connectivity index (χ0n) is 15.3. The van der Waals surface area contributed by atoms with Crippen LogP contribution in [0.2, 0.25) is 0 Å². The van der Waals surface area contributed by atoms with Crippen LogP contribution >= 0.6 is 0 Å². The minimum atomic E-state index is 0.517. The Balaban J connectivity index is 1.81. The molecule has 2 rings (SSSR count). The molecular formula is C17H32N6. The van der Waals surface area contributed by atoms with Crippen LogP contribution in [0.3, 0.4) is 0 Å². The van der Waals surface area contributed by atoms with Crippen molar-refractivity contribution in [2.45, 2.75) is 19.5 Å². The summed E-state index contributed by atoms with van der Waals surface area (Å²) in [6.45, 7) is 8.69.